The number of hydrogen-bond acceptors (Lipinski definition) is 5. The van der Waals surface area contributed by atoms with Crippen molar-refractivity contribution in [3.63, 3.8) is 0 Å². The summed E-state index contributed by atoms with van der Waals surface area (Å²) in [7, 11) is 0. The molecule has 0 bridgehead atoms. The van der Waals surface area contributed by atoms with Gasteiger partial charge >= 0.3 is 5.56 Å². The molecule has 39 heavy (non-hydrogen) atoms. The van der Waals surface area contributed by atoms with E-state index in [9.17, 15) is 9.59 Å². The number of halogens is 1. The predicted molar refractivity (Wildman–Crippen MR) is 149 cm³/mol. The van der Waals surface area contributed by atoms with Crippen LogP contribution in [0.1, 0.15) is 71.9 Å². The highest BCUT2D eigenvalue weighted by Crippen LogP contribution is 2.42. The largest absolute Gasteiger partial charge is 0.481 e. The van der Waals surface area contributed by atoms with Crippen molar-refractivity contribution in [1.29, 1.82) is 0 Å². The van der Waals surface area contributed by atoms with Gasteiger partial charge < -0.3 is 18.9 Å². The molecule has 204 valence electrons. The summed E-state index contributed by atoms with van der Waals surface area (Å²) < 4.78 is 13.7. The van der Waals surface area contributed by atoms with Crippen LogP contribution in [-0.4, -0.2) is 46.2 Å². The van der Waals surface area contributed by atoms with Gasteiger partial charge in [0, 0.05) is 43.3 Å². The molecule has 0 radical (unpaired) electrons. The van der Waals surface area contributed by atoms with Crippen LogP contribution in [0.5, 0.6) is 5.75 Å². The molecule has 1 saturated heterocycles. The van der Waals surface area contributed by atoms with Crippen molar-refractivity contribution in [2.45, 2.75) is 63.6 Å². The van der Waals surface area contributed by atoms with Crippen molar-refractivity contribution < 1.29 is 14.3 Å². The zero-order valence-electron chi connectivity index (χ0n) is 22.1. The van der Waals surface area contributed by atoms with Gasteiger partial charge in [0.15, 0.2) is 5.69 Å². The Kier molecular flexibility index (Phi) is 7.71. The first-order valence-corrected chi connectivity index (χ1v) is 14.4. The number of benzene rings is 2. The Morgan fingerprint density at radius 3 is 2.38 bits per heavy atom. The van der Waals surface area contributed by atoms with Gasteiger partial charge in [0.05, 0.1) is 0 Å². The molecule has 1 atom stereocenters. The summed E-state index contributed by atoms with van der Waals surface area (Å²) in [6.45, 7) is 2.61. The number of aromatic nitrogens is 2. The second-order valence-corrected chi connectivity index (χ2v) is 11.2. The number of ether oxygens (including phenoxy) is 2. The average molecular weight is 548 g/mol. The van der Waals surface area contributed by atoms with E-state index in [1.54, 1.807) is 0 Å². The lowest BCUT2D eigenvalue weighted by molar-refractivity contribution is 0.0232. The SMILES string of the molecule is O=C1c2c(OCc3ccccc3)c(=O)nc(C(c3ccc(Cl)cc3)C3CCCC3)n2CCN1C1CCOCC1. The van der Waals surface area contributed by atoms with Gasteiger partial charge in [0.2, 0.25) is 5.75 Å². The second-order valence-electron chi connectivity index (χ2n) is 10.8. The number of nitrogens with zero attached hydrogens (tertiary/aromatic N) is 3. The van der Waals surface area contributed by atoms with Crippen molar-refractivity contribution in [1.82, 2.24) is 14.5 Å². The number of carbonyl (C=O) groups excluding carboxylic acids is 1. The molecule has 6 rings (SSSR count). The molecule has 1 aliphatic carbocycles. The Morgan fingerprint density at radius 2 is 1.67 bits per heavy atom. The topological polar surface area (TPSA) is 73.7 Å². The van der Waals surface area contributed by atoms with Gasteiger partial charge in [-0.05, 0) is 54.9 Å². The maximum absolute atomic E-state index is 14.2. The van der Waals surface area contributed by atoms with Crippen molar-refractivity contribution in [2.75, 3.05) is 19.8 Å². The number of hydrogen-bond donors (Lipinski definition) is 0. The van der Waals surface area contributed by atoms with Crippen molar-refractivity contribution in [3.8, 4) is 5.75 Å². The first-order chi connectivity index (χ1) is 19.1. The maximum atomic E-state index is 14.2. The number of amides is 1. The van der Waals surface area contributed by atoms with Gasteiger partial charge in [-0.2, -0.15) is 4.98 Å². The van der Waals surface area contributed by atoms with Gasteiger partial charge in [0.1, 0.15) is 12.4 Å². The maximum Gasteiger partial charge on any atom is 0.316 e. The number of carbonyl (C=O) groups is 1. The first kappa shape index (κ1) is 26.1. The third-order valence-corrected chi connectivity index (χ3v) is 8.69. The molecule has 0 N–H and O–H groups in total. The minimum Gasteiger partial charge on any atom is -0.481 e. The monoisotopic (exact) mass is 547 g/mol. The van der Waals surface area contributed by atoms with Gasteiger partial charge in [0.25, 0.3) is 5.91 Å². The van der Waals surface area contributed by atoms with Crippen molar-refractivity contribution in [3.05, 3.63) is 92.6 Å². The van der Waals surface area contributed by atoms with Gasteiger partial charge in [-0.15, -0.1) is 0 Å². The van der Waals surface area contributed by atoms with Crippen molar-refractivity contribution >= 4 is 17.5 Å². The summed E-state index contributed by atoms with van der Waals surface area (Å²) in [5.74, 6) is 0.802. The molecule has 2 aromatic carbocycles. The van der Waals surface area contributed by atoms with E-state index in [2.05, 4.69) is 4.98 Å². The summed E-state index contributed by atoms with van der Waals surface area (Å²) in [4.78, 5) is 34.5. The average Bonchev–Trinajstić information content (AvgIpc) is 3.50. The van der Waals surface area contributed by atoms with Gasteiger partial charge in [-0.3, -0.25) is 9.59 Å². The lowest BCUT2D eigenvalue weighted by Gasteiger charge is -2.39. The van der Waals surface area contributed by atoms with E-state index in [0.29, 0.717) is 48.8 Å². The van der Waals surface area contributed by atoms with E-state index < -0.39 is 5.56 Å². The van der Waals surface area contributed by atoms with Crippen LogP contribution >= 0.6 is 11.6 Å². The molecule has 3 heterocycles. The van der Waals surface area contributed by atoms with E-state index in [-0.39, 0.29) is 30.2 Å². The molecule has 8 heteroatoms. The molecule has 3 aliphatic rings. The van der Waals surface area contributed by atoms with Crippen LogP contribution in [0.2, 0.25) is 5.02 Å². The zero-order chi connectivity index (χ0) is 26.8. The fourth-order valence-electron chi connectivity index (χ4n) is 6.47. The Hall–Kier alpha value is -3.16. The predicted octanol–water partition coefficient (Wildman–Crippen LogP) is 5.43. The Morgan fingerprint density at radius 1 is 0.949 bits per heavy atom. The van der Waals surface area contributed by atoms with Crippen LogP contribution in [0, 0.1) is 5.92 Å². The summed E-state index contributed by atoms with van der Waals surface area (Å²) in [5, 5.41) is 0.669. The molecular formula is C31H34ClN3O4. The molecule has 2 aliphatic heterocycles. The number of fused-ring (bicyclic) bond motifs is 1. The summed E-state index contributed by atoms with van der Waals surface area (Å²) in [6, 6.07) is 17.6. The molecule has 1 amide bonds. The van der Waals surface area contributed by atoms with E-state index in [1.807, 2.05) is 64.1 Å². The molecular weight excluding hydrogens is 514 g/mol. The first-order valence-electron chi connectivity index (χ1n) is 14.1. The van der Waals surface area contributed by atoms with Crippen molar-refractivity contribution in [2.24, 2.45) is 5.92 Å². The lowest BCUT2D eigenvalue weighted by Crippen LogP contribution is -2.50. The molecule has 1 unspecified atom stereocenters. The molecule has 3 aromatic rings. The van der Waals surface area contributed by atoms with Gasteiger partial charge in [-0.25, -0.2) is 0 Å². The van der Waals surface area contributed by atoms with E-state index in [1.165, 1.54) is 0 Å². The standard InChI is InChI=1S/C31H34ClN3O4/c32-24-12-10-23(11-13-24)26(22-8-4-5-9-22)29-33-30(36)28(39-20-21-6-2-1-3-7-21)27-31(37)34(16-17-35(27)29)25-14-18-38-19-15-25/h1-3,6-7,10-13,22,25-26H,4-5,8-9,14-20H2. The van der Waals surface area contributed by atoms with Crippen LogP contribution in [0.3, 0.4) is 0 Å². The van der Waals surface area contributed by atoms with Crippen LogP contribution in [0.25, 0.3) is 0 Å². The third kappa shape index (κ3) is 5.35. The fraction of sp³-hybridized carbons (Fsp3) is 0.452. The highest BCUT2D eigenvalue weighted by Gasteiger charge is 2.39. The van der Waals surface area contributed by atoms with E-state index in [0.717, 1.165) is 49.7 Å². The zero-order valence-corrected chi connectivity index (χ0v) is 22.8. The quantitative estimate of drug-likeness (QED) is 0.394. The third-order valence-electron chi connectivity index (χ3n) is 8.44. The van der Waals surface area contributed by atoms with E-state index >= 15 is 0 Å². The summed E-state index contributed by atoms with van der Waals surface area (Å²) >= 11 is 6.23. The minimum atomic E-state index is -0.480. The highest BCUT2D eigenvalue weighted by atomic mass is 35.5. The van der Waals surface area contributed by atoms with Gasteiger partial charge in [-0.1, -0.05) is 66.9 Å². The Balaban J connectivity index is 1.46. The highest BCUT2D eigenvalue weighted by molar-refractivity contribution is 6.30. The van der Waals surface area contributed by atoms with Crippen LogP contribution in [0.15, 0.2) is 59.4 Å². The van der Waals surface area contributed by atoms with Crippen LogP contribution < -0.4 is 10.3 Å². The molecule has 2 fully saturated rings. The molecule has 1 saturated carbocycles. The van der Waals surface area contributed by atoms with E-state index in [4.69, 9.17) is 21.1 Å². The lowest BCUT2D eigenvalue weighted by atomic mass is 9.83. The fourth-order valence-corrected chi connectivity index (χ4v) is 6.60. The normalized spacial score (nSPS) is 19.2. The Labute approximate surface area is 233 Å². The molecule has 7 nitrogen and oxygen atoms in total. The summed E-state index contributed by atoms with van der Waals surface area (Å²) in [6.07, 6.45) is 6.02. The van der Waals surface area contributed by atoms with Crippen LogP contribution in [0.4, 0.5) is 0 Å². The summed E-state index contributed by atoms with van der Waals surface area (Å²) in [5.41, 5.74) is 1.85. The van der Waals surface area contributed by atoms with Crippen LogP contribution in [-0.2, 0) is 17.9 Å². The second kappa shape index (κ2) is 11.5. The molecule has 1 aromatic heterocycles. The molecule has 0 spiro atoms. The Bertz CT molecular complexity index is 1360. The smallest absolute Gasteiger partial charge is 0.316 e. The minimum absolute atomic E-state index is 0.0469. The number of rotatable bonds is 7.